The van der Waals surface area contributed by atoms with Gasteiger partial charge in [0.05, 0.1) is 24.5 Å². The number of carbonyl (C=O) groups is 4. The zero-order chi connectivity index (χ0) is 22.9. The molecule has 7 rings (SSSR count). The SMILES string of the molecule is COC(=O)c1ccc(NC(=O)C2CCC(N3C(=O)[C@@H]4[C@H]5C=C[C@H]([C@H]6C[C@H]56)[C@@H]4C3=O)CC2)cc1. The van der Waals surface area contributed by atoms with Crippen molar-refractivity contribution in [1.82, 2.24) is 4.90 Å². The molecule has 3 amide bonds. The van der Waals surface area contributed by atoms with Crippen molar-refractivity contribution in [3.8, 4) is 0 Å². The number of methoxy groups -OCH3 is 1. The van der Waals surface area contributed by atoms with E-state index in [0.29, 0.717) is 48.8 Å². The van der Waals surface area contributed by atoms with Crippen molar-refractivity contribution in [3.63, 3.8) is 0 Å². The monoisotopic (exact) mass is 448 g/mol. The molecule has 6 aliphatic rings. The number of likely N-dealkylation sites (tertiary alicyclic amines) is 1. The second-order valence-corrected chi connectivity index (χ2v) is 10.3. The smallest absolute Gasteiger partial charge is 0.337 e. The van der Waals surface area contributed by atoms with E-state index in [0.717, 1.165) is 0 Å². The van der Waals surface area contributed by atoms with Gasteiger partial charge in [0.1, 0.15) is 0 Å². The number of allylic oxidation sites excluding steroid dienone is 2. The summed E-state index contributed by atoms with van der Waals surface area (Å²) < 4.78 is 4.69. The highest BCUT2D eigenvalue weighted by Crippen LogP contribution is 2.65. The second kappa shape index (κ2) is 7.54. The van der Waals surface area contributed by atoms with Gasteiger partial charge >= 0.3 is 5.97 Å². The van der Waals surface area contributed by atoms with E-state index in [2.05, 4.69) is 17.5 Å². The molecule has 7 nitrogen and oxygen atoms in total. The summed E-state index contributed by atoms with van der Waals surface area (Å²) in [5.74, 6) is 0.864. The molecule has 6 atom stereocenters. The van der Waals surface area contributed by atoms with E-state index >= 15 is 0 Å². The lowest BCUT2D eigenvalue weighted by Crippen LogP contribution is -2.44. The molecule has 1 saturated heterocycles. The summed E-state index contributed by atoms with van der Waals surface area (Å²) in [7, 11) is 1.33. The Bertz CT molecular complexity index is 1020. The summed E-state index contributed by atoms with van der Waals surface area (Å²) in [5, 5.41) is 2.92. The number of imide groups is 1. The van der Waals surface area contributed by atoms with Crippen LogP contribution in [-0.4, -0.2) is 41.7 Å². The third-order valence-corrected chi connectivity index (χ3v) is 8.70. The molecule has 2 bridgehead atoms. The van der Waals surface area contributed by atoms with Crippen LogP contribution in [0.3, 0.4) is 0 Å². The fourth-order valence-electron chi connectivity index (χ4n) is 6.99. The molecule has 1 aromatic carbocycles. The van der Waals surface area contributed by atoms with Crippen molar-refractivity contribution in [2.24, 2.45) is 41.4 Å². The van der Waals surface area contributed by atoms with Crippen molar-refractivity contribution >= 4 is 29.4 Å². The number of hydrogen-bond donors (Lipinski definition) is 1. The van der Waals surface area contributed by atoms with Crippen molar-refractivity contribution < 1.29 is 23.9 Å². The molecule has 4 fully saturated rings. The average molecular weight is 449 g/mol. The topological polar surface area (TPSA) is 92.8 Å². The minimum absolute atomic E-state index is 0.0355. The van der Waals surface area contributed by atoms with Crippen LogP contribution in [0.4, 0.5) is 5.69 Å². The number of hydrogen-bond acceptors (Lipinski definition) is 5. The standard InChI is InChI=1S/C26H28N2O5/c1-33-26(32)14-2-6-15(7-3-14)27-23(29)13-4-8-16(9-5-13)28-24(30)21-17-10-11-18(20-12-19(17)20)22(21)25(28)31/h2-3,6-7,10-11,13,16-22H,4-5,8-9,12H2,1H3,(H,27,29)/t13?,16?,17-,18+,19-,20-,21+,22-/m1/s1. The van der Waals surface area contributed by atoms with Gasteiger partial charge in [0.15, 0.2) is 0 Å². The zero-order valence-corrected chi connectivity index (χ0v) is 18.6. The van der Waals surface area contributed by atoms with Crippen LogP contribution in [0, 0.1) is 41.4 Å². The Kier molecular flexibility index (Phi) is 4.71. The Morgan fingerprint density at radius 3 is 2.03 bits per heavy atom. The van der Waals surface area contributed by atoms with Crippen molar-refractivity contribution in [1.29, 1.82) is 0 Å². The molecule has 1 aromatic rings. The minimum atomic E-state index is -0.419. The molecule has 0 radical (unpaired) electrons. The number of nitrogens with one attached hydrogen (secondary N) is 1. The molecule has 3 saturated carbocycles. The first-order valence-corrected chi connectivity index (χ1v) is 12.0. The molecule has 1 heterocycles. The number of nitrogens with zero attached hydrogens (tertiary/aromatic N) is 1. The molecular formula is C26H28N2O5. The van der Waals surface area contributed by atoms with Gasteiger partial charge in [-0.05, 0) is 80.0 Å². The fraction of sp³-hybridized carbons (Fsp3) is 0.538. The number of esters is 1. The van der Waals surface area contributed by atoms with Crippen LogP contribution in [-0.2, 0) is 19.1 Å². The van der Waals surface area contributed by atoms with Gasteiger partial charge in [-0.25, -0.2) is 4.79 Å². The molecular weight excluding hydrogens is 420 g/mol. The number of carbonyl (C=O) groups excluding carboxylic acids is 4. The van der Waals surface area contributed by atoms with Crippen LogP contribution in [0.5, 0.6) is 0 Å². The highest BCUT2D eigenvalue weighted by atomic mass is 16.5. The molecule has 33 heavy (non-hydrogen) atoms. The third-order valence-electron chi connectivity index (χ3n) is 8.70. The maximum absolute atomic E-state index is 13.3. The van der Waals surface area contributed by atoms with Crippen LogP contribution in [0.15, 0.2) is 36.4 Å². The summed E-state index contributed by atoms with van der Waals surface area (Å²) in [6.45, 7) is 0. The molecule has 0 spiro atoms. The summed E-state index contributed by atoms with van der Waals surface area (Å²) in [6.07, 6.45) is 8.22. The minimum Gasteiger partial charge on any atom is -0.465 e. The highest BCUT2D eigenvalue weighted by Gasteiger charge is 2.67. The Hall–Kier alpha value is -2.96. The van der Waals surface area contributed by atoms with E-state index in [9.17, 15) is 19.2 Å². The van der Waals surface area contributed by atoms with Gasteiger partial charge in [-0.2, -0.15) is 0 Å². The van der Waals surface area contributed by atoms with Gasteiger partial charge in [0, 0.05) is 17.6 Å². The average Bonchev–Trinajstić information content (AvgIpc) is 3.62. The Morgan fingerprint density at radius 1 is 0.909 bits per heavy atom. The van der Waals surface area contributed by atoms with Crippen LogP contribution in [0.1, 0.15) is 42.5 Å². The number of amides is 3. The Labute approximate surface area is 192 Å². The molecule has 172 valence electrons. The first-order valence-electron chi connectivity index (χ1n) is 12.0. The summed E-state index contributed by atoms with van der Waals surface area (Å²) in [6, 6.07) is 6.52. The van der Waals surface area contributed by atoms with Crippen LogP contribution < -0.4 is 5.32 Å². The van der Waals surface area contributed by atoms with Gasteiger partial charge in [-0.15, -0.1) is 0 Å². The van der Waals surface area contributed by atoms with E-state index in [1.807, 2.05) is 0 Å². The molecule has 1 aliphatic heterocycles. The number of anilines is 1. The van der Waals surface area contributed by atoms with Gasteiger partial charge in [-0.3, -0.25) is 19.3 Å². The van der Waals surface area contributed by atoms with Crippen molar-refractivity contribution in [2.45, 2.75) is 38.1 Å². The lowest BCUT2D eigenvalue weighted by molar-refractivity contribution is -0.144. The molecule has 1 N–H and O–H groups in total. The zero-order valence-electron chi connectivity index (χ0n) is 18.6. The fourth-order valence-corrected chi connectivity index (χ4v) is 6.99. The molecule has 7 heteroatoms. The van der Waals surface area contributed by atoms with Crippen molar-refractivity contribution in [2.75, 3.05) is 12.4 Å². The second-order valence-electron chi connectivity index (χ2n) is 10.3. The van der Waals surface area contributed by atoms with Crippen molar-refractivity contribution in [3.05, 3.63) is 42.0 Å². The largest absolute Gasteiger partial charge is 0.465 e. The first-order chi connectivity index (χ1) is 16.0. The lowest BCUT2D eigenvalue weighted by Gasteiger charge is -2.37. The molecule has 0 aromatic heterocycles. The maximum Gasteiger partial charge on any atom is 0.337 e. The van der Waals surface area contributed by atoms with E-state index in [1.54, 1.807) is 29.2 Å². The lowest BCUT2D eigenvalue weighted by atomic mass is 9.63. The number of ether oxygens (including phenoxy) is 1. The number of rotatable bonds is 4. The Morgan fingerprint density at radius 2 is 1.48 bits per heavy atom. The normalized spacial score (nSPS) is 38.0. The van der Waals surface area contributed by atoms with Gasteiger partial charge in [0.25, 0.3) is 0 Å². The van der Waals surface area contributed by atoms with E-state index in [-0.39, 0.29) is 53.4 Å². The van der Waals surface area contributed by atoms with Crippen LogP contribution >= 0.6 is 0 Å². The predicted octanol–water partition coefficient (Wildman–Crippen LogP) is 3.02. The van der Waals surface area contributed by atoms with Crippen LogP contribution in [0.2, 0.25) is 0 Å². The molecule has 5 aliphatic carbocycles. The quantitative estimate of drug-likeness (QED) is 0.434. The van der Waals surface area contributed by atoms with E-state index in [1.165, 1.54) is 13.5 Å². The van der Waals surface area contributed by atoms with Gasteiger partial charge in [0.2, 0.25) is 17.7 Å². The molecule has 0 unspecified atom stereocenters. The summed E-state index contributed by atoms with van der Waals surface area (Å²) >= 11 is 0. The van der Waals surface area contributed by atoms with Gasteiger partial charge in [-0.1, -0.05) is 12.2 Å². The summed E-state index contributed by atoms with van der Waals surface area (Å²) in [4.78, 5) is 52.6. The van der Waals surface area contributed by atoms with Crippen LogP contribution in [0.25, 0.3) is 0 Å². The Balaban J connectivity index is 1.07. The highest BCUT2D eigenvalue weighted by molar-refractivity contribution is 6.06. The van der Waals surface area contributed by atoms with Gasteiger partial charge < -0.3 is 10.1 Å². The van der Waals surface area contributed by atoms with E-state index in [4.69, 9.17) is 4.74 Å². The first kappa shape index (κ1) is 20.6. The predicted molar refractivity (Wildman–Crippen MR) is 119 cm³/mol. The van der Waals surface area contributed by atoms with E-state index < -0.39 is 5.97 Å². The third kappa shape index (κ3) is 3.15. The number of benzene rings is 1. The maximum atomic E-state index is 13.3. The summed E-state index contributed by atoms with van der Waals surface area (Å²) in [5.41, 5.74) is 1.06.